The largest absolute Gasteiger partial charge is 0.296 e. The molecule has 1 nitrogen and oxygen atoms in total. The lowest BCUT2D eigenvalue weighted by atomic mass is 9.90. The van der Waals surface area contributed by atoms with Crippen LogP contribution < -0.4 is 0 Å². The van der Waals surface area contributed by atoms with E-state index in [-0.39, 0.29) is 0 Å². The minimum Gasteiger partial charge on any atom is -0.296 e. The number of nitrogens with zero attached hydrogens (tertiary/aromatic N) is 1. The molecule has 0 radical (unpaired) electrons. The van der Waals surface area contributed by atoms with E-state index in [9.17, 15) is 0 Å². The lowest BCUT2D eigenvalue weighted by Gasteiger charge is -2.30. The third kappa shape index (κ3) is 2.40. The van der Waals surface area contributed by atoms with Gasteiger partial charge in [-0.05, 0) is 48.3 Å². The van der Waals surface area contributed by atoms with Crippen molar-refractivity contribution in [1.29, 1.82) is 0 Å². The van der Waals surface area contributed by atoms with Gasteiger partial charge in [0, 0.05) is 19.1 Å². The standard InChI is InChI=1S/C16H23N/c1-12(2)10-14-5-3-4-13-8-9-17(11-16(13)14)15-6-7-15/h3-5,12,15H,6-11H2,1-2H3. The van der Waals surface area contributed by atoms with Crippen molar-refractivity contribution in [3.05, 3.63) is 34.9 Å². The van der Waals surface area contributed by atoms with Crippen LogP contribution in [0.3, 0.4) is 0 Å². The molecule has 1 saturated carbocycles. The van der Waals surface area contributed by atoms with Gasteiger partial charge < -0.3 is 0 Å². The molecule has 0 spiro atoms. The summed E-state index contributed by atoms with van der Waals surface area (Å²) in [5.74, 6) is 0.762. The highest BCUT2D eigenvalue weighted by Gasteiger charge is 2.31. The summed E-state index contributed by atoms with van der Waals surface area (Å²) < 4.78 is 0. The summed E-state index contributed by atoms with van der Waals surface area (Å²) >= 11 is 0. The Hall–Kier alpha value is -0.820. The Kier molecular flexibility index (Phi) is 2.96. The molecule has 1 aromatic rings. The maximum Gasteiger partial charge on any atom is 0.0242 e. The molecule has 17 heavy (non-hydrogen) atoms. The van der Waals surface area contributed by atoms with Gasteiger partial charge in [0.15, 0.2) is 0 Å². The van der Waals surface area contributed by atoms with Gasteiger partial charge >= 0.3 is 0 Å². The number of benzene rings is 1. The minimum atomic E-state index is 0.762. The summed E-state index contributed by atoms with van der Waals surface area (Å²) in [6.45, 7) is 7.13. The zero-order valence-electron chi connectivity index (χ0n) is 11.1. The lowest BCUT2D eigenvalue weighted by molar-refractivity contribution is 0.242. The topological polar surface area (TPSA) is 3.24 Å². The van der Waals surface area contributed by atoms with Crippen molar-refractivity contribution in [3.63, 3.8) is 0 Å². The van der Waals surface area contributed by atoms with Gasteiger partial charge in [-0.25, -0.2) is 0 Å². The molecular weight excluding hydrogens is 206 g/mol. The van der Waals surface area contributed by atoms with E-state index in [0.717, 1.165) is 12.0 Å². The Balaban J connectivity index is 1.86. The van der Waals surface area contributed by atoms with Gasteiger partial charge in [-0.1, -0.05) is 32.0 Å². The molecule has 0 atom stereocenters. The SMILES string of the molecule is CC(C)Cc1cccc2c1CN(C1CC1)CC2. The molecule has 1 aliphatic heterocycles. The zero-order chi connectivity index (χ0) is 11.8. The van der Waals surface area contributed by atoms with Gasteiger partial charge in [-0.15, -0.1) is 0 Å². The van der Waals surface area contributed by atoms with E-state index in [1.165, 1.54) is 38.8 Å². The third-order valence-corrected chi connectivity index (χ3v) is 4.09. The first kappa shape index (κ1) is 11.3. The Labute approximate surface area is 105 Å². The summed E-state index contributed by atoms with van der Waals surface area (Å²) in [5, 5.41) is 0. The van der Waals surface area contributed by atoms with E-state index in [1.807, 2.05) is 0 Å². The molecule has 1 aliphatic carbocycles. The van der Waals surface area contributed by atoms with Crippen LogP contribution in [0.2, 0.25) is 0 Å². The average molecular weight is 229 g/mol. The molecule has 2 aliphatic rings. The molecule has 1 fully saturated rings. The van der Waals surface area contributed by atoms with Crippen molar-refractivity contribution >= 4 is 0 Å². The van der Waals surface area contributed by atoms with Gasteiger partial charge in [0.25, 0.3) is 0 Å². The first-order valence-corrected chi connectivity index (χ1v) is 7.07. The molecule has 3 rings (SSSR count). The van der Waals surface area contributed by atoms with Crippen molar-refractivity contribution in [2.24, 2.45) is 5.92 Å². The molecule has 0 unspecified atom stereocenters. The second-order valence-corrected chi connectivity index (χ2v) is 6.10. The predicted molar refractivity (Wildman–Crippen MR) is 72.1 cm³/mol. The van der Waals surface area contributed by atoms with Crippen LogP contribution in [0.15, 0.2) is 18.2 Å². The number of fused-ring (bicyclic) bond motifs is 1. The van der Waals surface area contributed by atoms with Crippen LogP contribution in [0.4, 0.5) is 0 Å². The quantitative estimate of drug-likeness (QED) is 0.768. The maximum atomic E-state index is 2.70. The normalized spacial score (nSPS) is 20.6. The smallest absolute Gasteiger partial charge is 0.0242 e. The van der Waals surface area contributed by atoms with E-state index in [4.69, 9.17) is 0 Å². The van der Waals surface area contributed by atoms with Crippen LogP contribution in [0.5, 0.6) is 0 Å². The van der Waals surface area contributed by atoms with Gasteiger partial charge in [0.2, 0.25) is 0 Å². The Morgan fingerprint density at radius 2 is 2.12 bits per heavy atom. The van der Waals surface area contributed by atoms with Gasteiger partial charge in [-0.2, -0.15) is 0 Å². The lowest BCUT2D eigenvalue weighted by Crippen LogP contribution is -2.33. The molecule has 0 bridgehead atoms. The van der Waals surface area contributed by atoms with E-state index in [2.05, 4.69) is 36.9 Å². The van der Waals surface area contributed by atoms with Crippen LogP contribution in [0.1, 0.15) is 43.4 Å². The monoisotopic (exact) mass is 229 g/mol. The van der Waals surface area contributed by atoms with E-state index >= 15 is 0 Å². The van der Waals surface area contributed by atoms with Crippen molar-refractivity contribution in [2.45, 2.75) is 52.1 Å². The highest BCUT2D eigenvalue weighted by molar-refractivity contribution is 5.37. The first-order chi connectivity index (χ1) is 8.24. The maximum absolute atomic E-state index is 2.70. The second-order valence-electron chi connectivity index (χ2n) is 6.10. The molecule has 1 heterocycles. The Bertz CT molecular complexity index is 404. The molecule has 92 valence electrons. The first-order valence-electron chi connectivity index (χ1n) is 7.07. The van der Waals surface area contributed by atoms with Gasteiger partial charge in [0.05, 0.1) is 0 Å². The zero-order valence-corrected chi connectivity index (χ0v) is 11.1. The highest BCUT2D eigenvalue weighted by Crippen LogP contribution is 2.33. The Morgan fingerprint density at radius 3 is 2.82 bits per heavy atom. The minimum absolute atomic E-state index is 0.762. The predicted octanol–water partition coefficient (Wildman–Crippen LogP) is 3.41. The van der Waals surface area contributed by atoms with E-state index in [1.54, 1.807) is 16.7 Å². The molecule has 1 aromatic carbocycles. The fourth-order valence-electron chi connectivity index (χ4n) is 3.05. The third-order valence-electron chi connectivity index (χ3n) is 4.09. The van der Waals surface area contributed by atoms with Crippen molar-refractivity contribution in [3.8, 4) is 0 Å². The Morgan fingerprint density at radius 1 is 1.29 bits per heavy atom. The molecule has 1 heteroatoms. The van der Waals surface area contributed by atoms with Crippen LogP contribution >= 0.6 is 0 Å². The second kappa shape index (κ2) is 4.45. The number of hydrogen-bond donors (Lipinski definition) is 0. The van der Waals surface area contributed by atoms with Crippen LogP contribution in [0.25, 0.3) is 0 Å². The van der Waals surface area contributed by atoms with Crippen LogP contribution in [-0.2, 0) is 19.4 Å². The van der Waals surface area contributed by atoms with E-state index < -0.39 is 0 Å². The molecule has 0 aromatic heterocycles. The molecule has 0 N–H and O–H groups in total. The number of rotatable bonds is 3. The summed E-state index contributed by atoms with van der Waals surface area (Å²) in [5.41, 5.74) is 4.86. The van der Waals surface area contributed by atoms with Crippen LogP contribution in [-0.4, -0.2) is 17.5 Å². The molecular formula is C16H23N. The summed E-state index contributed by atoms with van der Waals surface area (Å²) in [6.07, 6.45) is 5.36. The van der Waals surface area contributed by atoms with Crippen molar-refractivity contribution in [2.75, 3.05) is 6.54 Å². The summed E-state index contributed by atoms with van der Waals surface area (Å²) in [4.78, 5) is 2.70. The van der Waals surface area contributed by atoms with Crippen LogP contribution in [0, 0.1) is 5.92 Å². The number of hydrogen-bond acceptors (Lipinski definition) is 1. The summed E-state index contributed by atoms with van der Waals surface area (Å²) in [6, 6.07) is 7.84. The fraction of sp³-hybridized carbons (Fsp3) is 0.625. The summed E-state index contributed by atoms with van der Waals surface area (Å²) in [7, 11) is 0. The molecule has 0 amide bonds. The highest BCUT2D eigenvalue weighted by atomic mass is 15.2. The van der Waals surface area contributed by atoms with Crippen molar-refractivity contribution < 1.29 is 0 Å². The van der Waals surface area contributed by atoms with E-state index in [0.29, 0.717) is 0 Å². The average Bonchev–Trinajstić information content (AvgIpc) is 3.12. The van der Waals surface area contributed by atoms with Gasteiger partial charge in [0.1, 0.15) is 0 Å². The van der Waals surface area contributed by atoms with Crippen molar-refractivity contribution in [1.82, 2.24) is 4.90 Å². The molecule has 0 saturated heterocycles. The fourth-order valence-corrected chi connectivity index (χ4v) is 3.05. The van der Waals surface area contributed by atoms with Gasteiger partial charge in [-0.3, -0.25) is 4.90 Å².